The van der Waals surface area contributed by atoms with E-state index >= 15 is 0 Å². The van der Waals surface area contributed by atoms with E-state index in [1.54, 1.807) is 24.3 Å². The average molecular weight is 389 g/mol. The second kappa shape index (κ2) is 9.68. The summed E-state index contributed by atoms with van der Waals surface area (Å²) in [5.41, 5.74) is 1.15. The smallest absolute Gasteiger partial charge is 0.191 e. The fourth-order valence-corrected chi connectivity index (χ4v) is 3.92. The minimum Gasteiger partial charge on any atom is -0.385 e. The van der Waals surface area contributed by atoms with Gasteiger partial charge in [0.05, 0.1) is 11.6 Å². The third-order valence-corrected chi connectivity index (χ3v) is 5.59. The number of ether oxygens (including phenoxy) is 1. The van der Waals surface area contributed by atoms with Gasteiger partial charge in [0.2, 0.25) is 0 Å². The topological polar surface area (TPSA) is 101 Å². The summed E-state index contributed by atoms with van der Waals surface area (Å²) in [7, 11) is 5.46. The summed E-state index contributed by atoms with van der Waals surface area (Å²) in [4.78, 5) is 12.9. The molecule has 2 aromatic rings. The zero-order chi connectivity index (χ0) is 19.8. The molecule has 9 heteroatoms. The number of aliphatic imine (C=N–C) groups is 1. The summed E-state index contributed by atoms with van der Waals surface area (Å²) in [6, 6.07) is 0. The van der Waals surface area contributed by atoms with Gasteiger partial charge in [-0.3, -0.25) is 9.67 Å². The van der Waals surface area contributed by atoms with Crippen molar-refractivity contribution in [1.29, 1.82) is 0 Å². The number of fused-ring (bicyclic) bond motifs is 1. The van der Waals surface area contributed by atoms with E-state index in [0.717, 1.165) is 55.5 Å². The Morgan fingerprint density at radius 1 is 1.25 bits per heavy atom. The molecule has 2 aromatic heterocycles. The molecule has 154 valence electrons. The molecule has 0 atom stereocenters. The van der Waals surface area contributed by atoms with Crippen molar-refractivity contribution >= 4 is 22.8 Å². The first-order valence-corrected chi connectivity index (χ1v) is 9.97. The van der Waals surface area contributed by atoms with Gasteiger partial charge in [0.15, 0.2) is 11.6 Å². The molecule has 3 N–H and O–H groups in total. The lowest BCUT2D eigenvalue weighted by Crippen LogP contribution is -2.44. The molecule has 0 amide bonds. The van der Waals surface area contributed by atoms with Gasteiger partial charge in [-0.25, -0.2) is 9.97 Å². The Kier molecular flexibility index (Phi) is 7.02. The fourth-order valence-electron chi connectivity index (χ4n) is 3.92. The second-order valence-corrected chi connectivity index (χ2v) is 7.46. The van der Waals surface area contributed by atoms with Gasteiger partial charge >= 0.3 is 0 Å². The lowest BCUT2D eigenvalue weighted by atomic mass is 9.83. The number of rotatable bonds is 9. The monoisotopic (exact) mass is 388 g/mol. The number of hydrogen-bond acceptors (Lipinski definition) is 6. The molecule has 3 rings (SSSR count). The molecule has 0 spiro atoms. The van der Waals surface area contributed by atoms with Gasteiger partial charge in [-0.15, -0.1) is 0 Å². The lowest BCUT2D eigenvalue weighted by molar-refractivity contribution is 0.138. The van der Waals surface area contributed by atoms with Crippen molar-refractivity contribution in [2.24, 2.45) is 17.5 Å². The van der Waals surface area contributed by atoms with E-state index < -0.39 is 0 Å². The molecule has 9 nitrogen and oxygen atoms in total. The van der Waals surface area contributed by atoms with Crippen molar-refractivity contribution in [3.63, 3.8) is 0 Å². The van der Waals surface area contributed by atoms with E-state index in [9.17, 15) is 0 Å². The predicted octanol–water partition coefficient (Wildman–Crippen LogP) is 1.54. The van der Waals surface area contributed by atoms with Crippen LogP contribution >= 0.6 is 0 Å². The summed E-state index contributed by atoms with van der Waals surface area (Å²) in [6.07, 6.45) is 9.58. The first kappa shape index (κ1) is 20.3. The van der Waals surface area contributed by atoms with Gasteiger partial charge in [-0.05, 0) is 24.7 Å². The zero-order valence-electron chi connectivity index (χ0n) is 17.2. The highest BCUT2D eigenvalue weighted by atomic mass is 16.5. The van der Waals surface area contributed by atoms with E-state index in [1.807, 2.05) is 14.1 Å². The summed E-state index contributed by atoms with van der Waals surface area (Å²) < 4.78 is 7.06. The Labute approximate surface area is 166 Å². The number of aryl methyl sites for hydroxylation is 1. The number of aromatic nitrogens is 4. The van der Waals surface area contributed by atoms with Crippen LogP contribution in [0.1, 0.15) is 32.1 Å². The van der Waals surface area contributed by atoms with Crippen molar-refractivity contribution in [3.8, 4) is 0 Å². The van der Waals surface area contributed by atoms with Crippen molar-refractivity contribution in [2.75, 3.05) is 45.7 Å². The molecule has 0 aliphatic heterocycles. The predicted molar refractivity (Wildman–Crippen MR) is 112 cm³/mol. The molecule has 28 heavy (non-hydrogen) atoms. The molecule has 1 fully saturated rings. The molecular weight excluding hydrogens is 356 g/mol. The van der Waals surface area contributed by atoms with Crippen LogP contribution in [0.4, 0.5) is 5.82 Å². The van der Waals surface area contributed by atoms with Crippen LogP contribution in [0.25, 0.3) is 11.0 Å². The first-order chi connectivity index (χ1) is 13.7. The van der Waals surface area contributed by atoms with Crippen LogP contribution in [-0.4, -0.2) is 66.1 Å². The Bertz CT molecular complexity index is 781. The molecular formula is C19H32N8O. The van der Waals surface area contributed by atoms with E-state index in [2.05, 4.69) is 36.0 Å². The Morgan fingerprint density at radius 2 is 2.07 bits per heavy atom. The number of nitrogens with one attached hydrogen (secondary N) is 3. The van der Waals surface area contributed by atoms with E-state index in [4.69, 9.17) is 4.74 Å². The maximum Gasteiger partial charge on any atom is 0.191 e. The normalized spacial score (nSPS) is 16.5. The van der Waals surface area contributed by atoms with E-state index in [-0.39, 0.29) is 0 Å². The number of anilines is 1. The largest absolute Gasteiger partial charge is 0.385 e. The molecule has 1 aliphatic carbocycles. The van der Waals surface area contributed by atoms with Gasteiger partial charge in [0, 0.05) is 47.4 Å². The highest BCUT2D eigenvalue weighted by Gasteiger charge is 2.33. The molecule has 0 saturated heterocycles. The van der Waals surface area contributed by atoms with Crippen LogP contribution in [0.15, 0.2) is 17.5 Å². The standard InChI is InChI=1S/C19H32N8O/c1-20-18(23-13-19(8-11-28-3)6-4-5-7-19)22-10-9-21-16-15-12-26-27(2)17(15)25-14-24-16/h12,14H,4-11,13H2,1-3H3,(H2,20,22,23)(H,21,24,25). The second-order valence-electron chi connectivity index (χ2n) is 7.46. The van der Waals surface area contributed by atoms with Crippen molar-refractivity contribution in [1.82, 2.24) is 30.4 Å². The van der Waals surface area contributed by atoms with Crippen molar-refractivity contribution in [2.45, 2.75) is 32.1 Å². The molecule has 1 saturated carbocycles. The van der Waals surface area contributed by atoms with Crippen LogP contribution in [0.5, 0.6) is 0 Å². The van der Waals surface area contributed by atoms with E-state index in [0.29, 0.717) is 5.41 Å². The van der Waals surface area contributed by atoms with Crippen LogP contribution < -0.4 is 16.0 Å². The van der Waals surface area contributed by atoms with E-state index in [1.165, 1.54) is 25.7 Å². The van der Waals surface area contributed by atoms with Crippen LogP contribution in [0, 0.1) is 5.41 Å². The third kappa shape index (κ3) is 4.89. The van der Waals surface area contributed by atoms with Crippen LogP contribution in [0.2, 0.25) is 0 Å². The number of nitrogens with zero attached hydrogens (tertiary/aromatic N) is 5. The first-order valence-electron chi connectivity index (χ1n) is 9.97. The Hall–Kier alpha value is -2.42. The highest BCUT2D eigenvalue weighted by molar-refractivity contribution is 5.86. The highest BCUT2D eigenvalue weighted by Crippen LogP contribution is 2.40. The van der Waals surface area contributed by atoms with Gasteiger partial charge < -0.3 is 20.7 Å². The lowest BCUT2D eigenvalue weighted by Gasteiger charge is -2.30. The Morgan fingerprint density at radius 3 is 2.82 bits per heavy atom. The SMILES string of the molecule is CN=C(NCCNc1ncnc2c1cnn2C)NCC1(CCOC)CCCC1. The van der Waals surface area contributed by atoms with Gasteiger partial charge in [0.25, 0.3) is 0 Å². The summed E-state index contributed by atoms with van der Waals surface area (Å²) in [6.45, 7) is 3.21. The van der Waals surface area contributed by atoms with Crippen molar-refractivity contribution in [3.05, 3.63) is 12.5 Å². The summed E-state index contributed by atoms with van der Waals surface area (Å²) in [5.74, 6) is 1.63. The molecule has 2 heterocycles. The van der Waals surface area contributed by atoms with Gasteiger partial charge in [0.1, 0.15) is 12.1 Å². The average Bonchev–Trinajstić information content (AvgIpc) is 3.34. The quantitative estimate of drug-likeness (QED) is 0.340. The summed E-state index contributed by atoms with van der Waals surface area (Å²) in [5, 5.41) is 15.4. The maximum atomic E-state index is 5.32. The van der Waals surface area contributed by atoms with Crippen LogP contribution in [0.3, 0.4) is 0 Å². The van der Waals surface area contributed by atoms with Crippen LogP contribution in [-0.2, 0) is 11.8 Å². The number of hydrogen-bond donors (Lipinski definition) is 3. The Balaban J connectivity index is 1.45. The molecule has 0 aromatic carbocycles. The molecule has 0 bridgehead atoms. The molecule has 0 radical (unpaired) electrons. The van der Waals surface area contributed by atoms with Gasteiger partial charge in [-0.2, -0.15) is 5.10 Å². The molecule has 0 unspecified atom stereocenters. The third-order valence-electron chi connectivity index (χ3n) is 5.59. The minimum atomic E-state index is 0.332. The van der Waals surface area contributed by atoms with Crippen molar-refractivity contribution < 1.29 is 4.74 Å². The minimum absolute atomic E-state index is 0.332. The summed E-state index contributed by atoms with van der Waals surface area (Å²) >= 11 is 0. The van der Waals surface area contributed by atoms with Gasteiger partial charge in [-0.1, -0.05) is 12.8 Å². The zero-order valence-corrected chi connectivity index (χ0v) is 17.2. The fraction of sp³-hybridized carbons (Fsp3) is 0.684. The number of guanidine groups is 1. The number of methoxy groups -OCH3 is 1. The maximum absolute atomic E-state index is 5.32. The molecule has 1 aliphatic rings.